The Hall–Kier alpha value is -3.34. The van der Waals surface area contributed by atoms with E-state index in [2.05, 4.69) is 0 Å². The van der Waals surface area contributed by atoms with Crippen molar-refractivity contribution in [2.45, 2.75) is 64.3 Å². The number of aliphatic carboxylic acids is 1. The summed E-state index contributed by atoms with van der Waals surface area (Å²) in [5.41, 5.74) is 3.21. The molecule has 0 aliphatic rings. The van der Waals surface area contributed by atoms with Crippen LogP contribution in [-0.2, 0) is 17.8 Å². The van der Waals surface area contributed by atoms with Crippen molar-refractivity contribution in [3.63, 3.8) is 0 Å². The molecule has 2 heterocycles. The van der Waals surface area contributed by atoms with E-state index < -0.39 is 36.2 Å². The number of rotatable bonds is 11. The van der Waals surface area contributed by atoms with Gasteiger partial charge in [0.2, 0.25) is 0 Å². The molecule has 2 aromatic heterocycles. The molecule has 0 radical (unpaired) electrons. The molecule has 0 fully saturated rings. The summed E-state index contributed by atoms with van der Waals surface area (Å²) in [5, 5.41) is 33.1. The fourth-order valence-electron chi connectivity index (χ4n) is 5.98. The molecule has 0 saturated carbocycles. The minimum atomic E-state index is -1.41. The number of para-hydroxylation sites is 1. The molecule has 5 aromatic rings. The van der Waals surface area contributed by atoms with Gasteiger partial charge in [0.25, 0.3) is 5.56 Å². The number of carboxylic acids is 1. The van der Waals surface area contributed by atoms with E-state index >= 15 is 0 Å². The second-order valence-corrected chi connectivity index (χ2v) is 11.2. The molecule has 0 bridgehead atoms. The Morgan fingerprint density at radius 2 is 1.59 bits per heavy atom. The molecule has 0 amide bonds. The van der Waals surface area contributed by atoms with Gasteiger partial charge in [-0.1, -0.05) is 48.5 Å². The summed E-state index contributed by atoms with van der Waals surface area (Å²) >= 11 is 0. The van der Waals surface area contributed by atoms with Gasteiger partial charge in [0.1, 0.15) is 17.2 Å². The molecule has 2 N–H and O–H groups in total. The van der Waals surface area contributed by atoms with Crippen LogP contribution in [0.25, 0.3) is 32.9 Å². The van der Waals surface area contributed by atoms with E-state index in [9.17, 15) is 33.7 Å². The summed E-state index contributed by atoms with van der Waals surface area (Å²) in [6.45, 7) is 3.89. The number of fused-ring (bicyclic) bond motifs is 3. The third kappa shape index (κ3) is 6.82. The van der Waals surface area contributed by atoms with Crippen LogP contribution in [0.4, 0.5) is 8.78 Å². The van der Waals surface area contributed by atoms with E-state index in [1.807, 2.05) is 42.7 Å². The first kappa shape index (κ1) is 33.6. The van der Waals surface area contributed by atoms with Crippen LogP contribution in [0.2, 0.25) is 0 Å². The Kier molecular flexibility index (Phi) is 10.8. The largest absolute Gasteiger partial charge is 1.00 e. The van der Waals surface area contributed by atoms with Crippen molar-refractivity contribution in [1.82, 2.24) is 9.13 Å². The van der Waals surface area contributed by atoms with Crippen LogP contribution in [0.3, 0.4) is 0 Å². The number of aliphatic hydroxyl groups is 2. The third-order valence-electron chi connectivity index (χ3n) is 7.82. The van der Waals surface area contributed by atoms with Gasteiger partial charge >= 0.3 is 29.6 Å². The van der Waals surface area contributed by atoms with Crippen molar-refractivity contribution in [1.29, 1.82) is 0 Å². The van der Waals surface area contributed by atoms with Crippen molar-refractivity contribution in [3.8, 4) is 11.1 Å². The maximum absolute atomic E-state index is 14.8. The number of aliphatic hydroxyl groups excluding tert-OH is 2. The van der Waals surface area contributed by atoms with E-state index in [4.69, 9.17) is 0 Å². The first-order chi connectivity index (χ1) is 20.6. The Balaban J connectivity index is 0.00000442. The molecule has 0 saturated heterocycles. The van der Waals surface area contributed by atoms with Crippen molar-refractivity contribution in [2.75, 3.05) is 0 Å². The zero-order chi connectivity index (χ0) is 30.8. The van der Waals surface area contributed by atoms with E-state index in [1.165, 1.54) is 18.2 Å². The summed E-state index contributed by atoms with van der Waals surface area (Å²) in [6, 6.07) is 19.5. The van der Waals surface area contributed by atoms with Crippen LogP contribution in [-0.4, -0.2) is 37.5 Å². The normalized spacial score (nSPS) is 12.9. The average molecular weight is 611 g/mol. The topological polar surface area (TPSA) is 108 Å². The quantitative estimate of drug-likeness (QED) is 0.222. The smallest absolute Gasteiger partial charge is 0.550 e. The van der Waals surface area contributed by atoms with Gasteiger partial charge in [0.05, 0.1) is 24.3 Å². The number of nitrogens with zero attached hydrogens (tertiary/aromatic N) is 2. The number of aromatic nitrogens is 2. The van der Waals surface area contributed by atoms with Crippen LogP contribution in [0.15, 0.2) is 77.6 Å². The van der Waals surface area contributed by atoms with Crippen LogP contribution < -0.4 is 40.2 Å². The fourth-order valence-corrected chi connectivity index (χ4v) is 5.98. The first-order valence-corrected chi connectivity index (χ1v) is 14.3. The van der Waals surface area contributed by atoms with Gasteiger partial charge < -0.3 is 29.2 Å². The molecule has 0 unspecified atom stereocenters. The Morgan fingerprint density at radius 3 is 2.25 bits per heavy atom. The van der Waals surface area contributed by atoms with E-state index in [1.54, 1.807) is 34.9 Å². The van der Waals surface area contributed by atoms with Gasteiger partial charge in [0.15, 0.2) is 0 Å². The molecular formula is C34H33F2N2NaO5. The minimum Gasteiger partial charge on any atom is -0.550 e. The Labute approximate surface area is 275 Å². The Bertz CT molecular complexity index is 1850. The molecule has 10 heteroatoms. The zero-order valence-electron chi connectivity index (χ0n) is 25.0. The molecule has 5 rings (SSSR count). The molecule has 0 aliphatic carbocycles. The monoisotopic (exact) mass is 610 g/mol. The number of benzene rings is 3. The zero-order valence-corrected chi connectivity index (χ0v) is 27.0. The number of carbonyl (C=O) groups excluding carboxylic acids is 1. The molecule has 0 aliphatic heterocycles. The second kappa shape index (κ2) is 14.2. The number of halogens is 2. The van der Waals surface area contributed by atoms with Gasteiger partial charge in [-0.3, -0.25) is 4.79 Å². The van der Waals surface area contributed by atoms with Crippen LogP contribution in [0, 0.1) is 11.6 Å². The van der Waals surface area contributed by atoms with Gasteiger partial charge in [-0.15, -0.1) is 0 Å². The van der Waals surface area contributed by atoms with Crippen molar-refractivity contribution in [3.05, 3.63) is 106 Å². The maximum Gasteiger partial charge on any atom is 1.00 e. The first-order valence-electron chi connectivity index (χ1n) is 14.3. The second-order valence-electron chi connectivity index (χ2n) is 11.2. The molecular weight excluding hydrogens is 577 g/mol. The molecule has 0 spiro atoms. The summed E-state index contributed by atoms with van der Waals surface area (Å²) in [5.74, 6) is -2.23. The minimum absolute atomic E-state index is 0. The molecule has 44 heavy (non-hydrogen) atoms. The number of carbonyl (C=O) groups is 1. The Morgan fingerprint density at radius 1 is 0.932 bits per heavy atom. The van der Waals surface area contributed by atoms with E-state index in [0.717, 1.165) is 16.6 Å². The van der Waals surface area contributed by atoms with Crippen molar-refractivity contribution < 1.29 is 58.5 Å². The van der Waals surface area contributed by atoms with Crippen LogP contribution in [0.5, 0.6) is 0 Å². The van der Waals surface area contributed by atoms with Gasteiger partial charge in [0, 0.05) is 46.0 Å². The molecule has 3 aromatic carbocycles. The molecule has 224 valence electrons. The SMILES string of the molecule is CC(C)n1c(CC[C@@H](O)C[C@@H](O)CC(=O)[O-])c(-c2ccc(F)cc2)c2c3ccccc3n(Cc3ccccc3F)c(=O)c21.[Na+]. The molecule has 2 atom stereocenters. The number of hydrogen-bond donors (Lipinski definition) is 2. The van der Waals surface area contributed by atoms with Gasteiger partial charge in [-0.2, -0.15) is 0 Å². The van der Waals surface area contributed by atoms with Gasteiger partial charge in [-0.25, -0.2) is 8.78 Å². The van der Waals surface area contributed by atoms with E-state index in [-0.39, 0.29) is 67.0 Å². The average Bonchev–Trinajstić information content (AvgIpc) is 3.31. The van der Waals surface area contributed by atoms with Crippen LogP contribution in [0.1, 0.15) is 50.4 Å². The van der Waals surface area contributed by atoms with Crippen LogP contribution >= 0.6 is 0 Å². The summed E-state index contributed by atoms with van der Waals surface area (Å²) in [7, 11) is 0. The predicted octanol–water partition coefficient (Wildman–Crippen LogP) is 1.72. The predicted molar refractivity (Wildman–Crippen MR) is 160 cm³/mol. The summed E-state index contributed by atoms with van der Waals surface area (Å²) in [6.07, 6.45) is -2.58. The number of carboxylic acid groups (broad SMARTS) is 1. The van der Waals surface area contributed by atoms with Gasteiger partial charge in [-0.05, 0) is 62.9 Å². The summed E-state index contributed by atoms with van der Waals surface area (Å²) < 4.78 is 32.3. The van der Waals surface area contributed by atoms with Crippen molar-refractivity contribution in [2.24, 2.45) is 0 Å². The standard InChI is InChI=1S/C34H34F2N2O5.Na/c1-20(2)38-29(16-15-24(39)17-25(40)18-30(41)42)31(21-11-13-23(35)14-12-21)32-26-8-4-6-10-28(26)37(34(43)33(32)38)19-22-7-3-5-9-27(22)36;/h3-14,20,24-25,39-40H,15-19H2,1-2H3,(H,41,42);/q;+1/p-1/t24-,25-;/m1./s1. The number of pyridine rings is 1. The maximum atomic E-state index is 14.8. The third-order valence-corrected chi connectivity index (χ3v) is 7.82. The molecule has 7 nitrogen and oxygen atoms in total. The summed E-state index contributed by atoms with van der Waals surface area (Å²) in [4.78, 5) is 25.3. The van der Waals surface area contributed by atoms with E-state index in [0.29, 0.717) is 27.5 Å². The fraction of sp³-hybridized carbons (Fsp3) is 0.294. The van der Waals surface area contributed by atoms with Crippen molar-refractivity contribution >= 4 is 27.8 Å². The number of hydrogen-bond acceptors (Lipinski definition) is 5.